The van der Waals surface area contributed by atoms with Crippen LogP contribution in [-0.2, 0) is 18.3 Å². The van der Waals surface area contributed by atoms with Crippen molar-refractivity contribution in [3.63, 3.8) is 0 Å². The van der Waals surface area contributed by atoms with E-state index in [-0.39, 0.29) is 5.41 Å². The highest BCUT2D eigenvalue weighted by Gasteiger charge is 2.36. The fourth-order valence-corrected chi connectivity index (χ4v) is 3.98. The largest absolute Gasteiger partial charge is 0.250 e. The zero-order chi connectivity index (χ0) is 12.4. The molecule has 2 aromatic rings. The Hall–Kier alpha value is -0.860. The zero-order valence-corrected chi connectivity index (χ0v) is 11.8. The summed E-state index contributed by atoms with van der Waals surface area (Å²) in [6, 6.07) is 8.76. The fourth-order valence-electron chi connectivity index (χ4n) is 3.05. The molecule has 0 fully saturated rings. The minimum atomic E-state index is 0.0878. The molecule has 18 heavy (non-hydrogen) atoms. The van der Waals surface area contributed by atoms with E-state index in [1.807, 2.05) is 5.51 Å². The maximum absolute atomic E-state index is 6.36. The summed E-state index contributed by atoms with van der Waals surface area (Å²) in [6.45, 7) is 0. The highest BCUT2D eigenvalue weighted by molar-refractivity contribution is 7.07. The maximum atomic E-state index is 6.36. The van der Waals surface area contributed by atoms with Crippen molar-refractivity contribution in [3.05, 3.63) is 52.0 Å². The number of benzene rings is 1. The lowest BCUT2D eigenvalue weighted by molar-refractivity contribution is 0.393. The number of hydrogen-bond donors (Lipinski definition) is 0. The molecule has 1 atom stereocenters. The van der Waals surface area contributed by atoms with Crippen LogP contribution < -0.4 is 0 Å². The lowest BCUT2D eigenvalue weighted by atomic mass is 9.69. The Morgan fingerprint density at radius 1 is 1.33 bits per heavy atom. The van der Waals surface area contributed by atoms with Gasteiger partial charge in [-0.05, 0) is 30.4 Å². The Labute approximate surface area is 117 Å². The summed E-state index contributed by atoms with van der Waals surface area (Å²) in [5.41, 5.74) is 6.09. The van der Waals surface area contributed by atoms with Crippen molar-refractivity contribution in [1.29, 1.82) is 0 Å². The summed E-state index contributed by atoms with van der Waals surface area (Å²) in [5, 5.41) is 2.14. The van der Waals surface area contributed by atoms with Gasteiger partial charge in [-0.2, -0.15) is 0 Å². The number of rotatable bonds is 3. The molecule has 0 radical (unpaired) electrons. The van der Waals surface area contributed by atoms with Gasteiger partial charge >= 0.3 is 0 Å². The van der Waals surface area contributed by atoms with Gasteiger partial charge in [-0.15, -0.1) is 22.9 Å². The van der Waals surface area contributed by atoms with E-state index in [2.05, 4.69) is 34.6 Å². The molecule has 0 aliphatic heterocycles. The van der Waals surface area contributed by atoms with E-state index in [0.29, 0.717) is 5.88 Å². The lowest BCUT2D eigenvalue weighted by Crippen LogP contribution is -2.35. The molecule has 1 aliphatic rings. The van der Waals surface area contributed by atoms with Crippen LogP contribution in [0.4, 0.5) is 0 Å². The lowest BCUT2D eigenvalue weighted by Gasteiger charge is -2.37. The molecule has 3 rings (SSSR count). The molecule has 0 bridgehead atoms. The minimum Gasteiger partial charge on any atom is -0.250 e. The summed E-state index contributed by atoms with van der Waals surface area (Å²) in [6.07, 6.45) is 4.56. The van der Waals surface area contributed by atoms with Gasteiger partial charge in [0.15, 0.2) is 0 Å². The molecule has 1 unspecified atom stereocenters. The van der Waals surface area contributed by atoms with Gasteiger partial charge in [0.25, 0.3) is 0 Å². The Kier molecular flexibility index (Phi) is 3.40. The molecule has 1 aromatic carbocycles. The van der Waals surface area contributed by atoms with E-state index in [1.54, 1.807) is 11.3 Å². The average molecular weight is 278 g/mol. The van der Waals surface area contributed by atoms with Crippen LogP contribution >= 0.6 is 22.9 Å². The normalized spacial score (nSPS) is 22.7. The number of halogens is 1. The first-order valence-corrected chi connectivity index (χ1v) is 7.83. The van der Waals surface area contributed by atoms with Crippen LogP contribution in [0, 0.1) is 0 Å². The van der Waals surface area contributed by atoms with Gasteiger partial charge in [0.1, 0.15) is 0 Å². The standard InChI is InChI=1S/C15H16ClNS/c16-10-15(8-13-9-18-11-17-13)7-3-5-12-4-1-2-6-14(12)15/h1-2,4,6,9,11H,3,5,7-8,10H2. The molecule has 0 N–H and O–H groups in total. The molecule has 94 valence electrons. The number of alkyl halides is 1. The first kappa shape index (κ1) is 12.2. The maximum Gasteiger partial charge on any atom is 0.0794 e. The predicted molar refractivity (Wildman–Crippen MR) is 77.6 cm³/mol. The Balaban J connectivity index is 2.02. The summed E-state index contributed by atoms with van der Waals surface area (Å²) >= 11 is 8.02. The van der Waals surface area contributed by atoms with Gasteiger partial charge in [-0.25, -0.2) is 4.98 Å². The molecular weight excluding hydrogens is 262 g/mol. The van der Waals surface area contributed by atoms with Crippen LogP contribution in [0.15, 0.2) is 35.2 Å². The number of aryl methyl sites for hydroxylation is 1. The third-order valence-corrected chi connectivity index (χ3v) is 5.10. The van der Waals surface area contributed by atoms with E-state index in [9.17, 15) is 0 Å². The molecule has 0 saturated carbocycles. The second-order valence-electron chi connectivity index (χ2n) is 5.08. The van der Waals surface area contributed by atoms with Crippen LogP contribution in [0.3, 0.4) is 0 Å². The molecule has 1 aromatic heterocycles. The summed E-state index contributed by atoms with van der Waals surface area (Å²) in [4.78, 5) is 4.44. The average Bonchev–Trinajstić information content (AvgIpc) is 2.92. The fraction of sp³-hybridized carbons (Fsp3) is 0.400. The van der Waals surface area contributed by atoms with Gasteiger partial charge in [0.05, 0.1) is 11.2 Å². The topological polar surface area (TPSA) is 12.9 Å². The third kappa shape index (κ3) is 2.08. The van der Waals surface area contributed by atoms with Gasteiger partial charge in [0.2, 0.25) is 0 Å². The first-order chi connectivity index (χ1) is 8.84. The molecular formula is C15H16ClNS. The number of nitrogens with zero attached hydrogens (tertiary/aromatic N) is 1. The second kappa shape index (κ2) is 5.02. The van der Waals surface area contributed by atoms with Crippen LogP contribution in [0.1, 0.15) is 29.7 Å². The number of hydrogen-bond acceptors (Lipinski definition) is 2. The van der Waals surface area contributed by atoms with Gasteiger partial charge in [0, 0.05) is 23.1 Å². The number of fused-ring (bicyclic) bond motifs is 1. The van der Waals surface area contributed by atoms with Crippen molar-refractivity contribution in [2.45, 2.75) is 31.1 Å². The van der Waals surface area contributed by atoms with Crippen LogP contribution in [0.25, 0.3) is 0 Å². The number of aromatic nitrogens is 1. The van der Waals surface area contributed by atoms with Crippen molar-refractivity contribution >= 4 is 22.9 Å². The van der Waals surface area contributed by atoms with Gasteiger partial charge < -0.3 is 0 Å². The van der Waals surface area contributed by atoms with Gasteiger partial charge in [-0.3, -0.25) is 0 Å². The van der Waals surface area contributed by atoms with Crippen molar-refractivity contribution in [3.8, 4) is 0 Å². The molecule has 0 amide bonds. The van der Waals surface area contributed by atoms with E-state index in [0.717, 1.165) is 6.42 Å². The molecule has 3 heteroatoms. The SMILES string of the molecule is ClCC1(Cc2cscn2)CCCc2ccccc21. The Bertz CT molecular complexity index is 523. The zero-order valence-electron chi connectivity index (χ0n) is 10.2. The van der Waals surface area contributed by atoms with Crippen LogP contribution in [0.5, 0.6) is 0 Å². The summed E-state index contributed by atoms with van der Waals surface area (Å²) in [5.74, 6) is 0.682. The van der Waals surface area contributed by atoms with Crippen molar-refractivity contribution in [2.24, 2.45) is 0 Å². The van der Waals surface area contributed by atoms with E-state index in [1.165, 1.54) is 36.1 Å². The first-order valence-electron chi connectivity index (χ1n) is 6.35. The monoisotopic (exact) mass is 277 g/mol. The van der Waals surface area contributed by atoms with Crippen molar-refractivity contribution < 1.29 is 0 Å². The van der Waals surface area contributed by atoms with Crippen molar-refractivity contribution in [1.82, 2.24) is 4.98 Å². The highest BCUT2D eigenvalue weighted by Crippen LogP contribution is 2.40. The predicted octanol–water partition coefficient (Wildman–Crippen LogP) is 4.20. The molecule has 0 spiro atoms. The third-order valence-electron chi connectivity index (χ3n) is 3.95. The van der Waals surface area contributed by atoms with E-state index < -0.39 is 0 Å². The molecule has 1 aliphatic carbocycles. The second-order valence-corrected chi connectivity index (χ2v) is 6.07. The van der Waals surface area contributed by atoms with Crippen LogP contribution in [0.2, 0.25) is 0 Å². The minimum absolute atomic E-state index is 0.0878. The Morgan fingerprint density at radius 3 is 3.00 bits per heavy atom. The number of thiazole rings is 1. The van der Waals surface area contributed by atoms with Gasteiger partial charge in [-0.1, -0.05) is 24.3 Å². The summed E-state index contributed by atoms with van der Waals surface area (Å²) in [7, 11) is 0. The quantitative estimate of drug-likeness (QED) is 0.767. The smallest absolute Gasteiger partial charge is 0.0794 e. The van der Waals surface area contributed by atoms with E-state index >= 15 is 0 Å². The summed E-state index contributed by atoms with van der Waals surface area (Å²) < 4.78 is 0. The van der Waals surface area contributed by atoms with Crippen LogP contribution in [-0.4, -0.2) is 10.9 Å². The van der Waals surface area contributed by atoms with Crippen molar-refractivity contribution in [2.75, 3.05) is 5.88 Å². The van der Waals surface area contributed by atoms with E-state index in [4.69, 9.17) is 11.6 Å². The molecule has 1 nitrogen and oxygen atoms in total. The molecule has 1 heterocycles. The highest BCUT2D eigenvalue weighted by atomic mass is 35.5. The molecule has 0 saturated heterocycles. The Morgan fingerprint density at radius 2 is 2.22 bits per heavy atom.